The van der Waals surface area contributed by atoms with E-state index in [-0.39, 0.29) is 12.1 Å². The van der Waals surface area contributed by atoms with Crippen molar-refractivity contribution in [2.24, 2.45) is 0 Å². The molecule has 0 aromatic heterocycles. The molecule has 0 saturated heterocycles. The van der Waals surface area contributed by atoms with E-state index < -0.39 is 0 Å². The number of amides is 2. The van der Waals surface area contributed by atoms with Crippen molar-refractivity contribution in [1.82, 2.24) is 14.8 Å². The Balaban J connectivity index is 2.25. The SMILES string of the molecule is CCNSNC(=O)NC(C)Cc1ccccc1. The summed E-state index contributed by atoms with van der Waals surface area (Å²) in [5.41, 5.74) is 1.22. The van der Waals surface area contributed by atoms with Crippen LogP contribution in [0, 0.1) is 0 Å². The first-order valence-corrected chi connectivity index (χ1v) is 6.53. The highest BCUT2D eigenvalue weighted by Gasteiger charge is 2.07. The van der Waals surface area contributed by atoms with Crippen molar-refractivity contribution in [2.45, 2.75) is 26.3 Å². The lowest BCUT2D eigenvalue weighted by atomic mass is 10.1. The highest BCUT2D eigenvalue weighted by atomic mass is 32.2. The Labute approximate surface area is 107 Å². The third-order valence-corrected chi connectivity index (χ3v) is 2.84. The van der Waals surface area contributed by atoms with Gasteiger partial charge in [0.2, 0.25) is 0 Å². The van der Waals surface area contributed by atoms with Gasteiger partial charge < -0.3 is 5.32 Å². The molecule has 94 valence electrons. The van der Waals surface area contributed by atoms with Gasteiger partial charge in [0.15, 0.2) is 0 Å². The van der Waals surface area contributed by atoms with Gasteiger partial charge in [-0.05, 0) is 18.9 Å². The lowest BCUT2D eigenvalue weighted by Gasteiger charge is -2.14. The van der Waals surface area contributed by atoms with Crippen LogP contribution in [-0.4, -0.2) is 18.6 Å². The Kier molecular flexibility index (Phi) is 6.50. The fourth-order valence-electron chi connectivity index (χ4n) is 1.43. The van der Waals surface area contributed by atoms with Crippen molar-refractivity contribution in [1.29, 1.82) is 0 Å². The first-order valence-electron chi connectivity index (χ1n) is 5.71. The monoisotopic (exact) mass is 253 g/mol. The minimum absolute atomic E-state index is 0.111. The standard InChI is InChI=1S/C12H19N3OS/c1-3-13-17-15-12(16)14-10(2)9-11-7-5-4-6-8-11/h4-8,10,13H,3,9H2,1-2H3,(H2,14,15,16). The molecule has 0 aliphatic carbocycles. The van der Waals surface area contributed by atoms with Gasteiger partial charge in [-0.25, -0.2) is 9.52 Å². The van der Waals surface area contributed by atoms with Crippen LogP contribution in [0.5, 0.6) is 0 Å². The van der Waals surface area contributed by atoms with Crippen LogP contribution in [0.15, 0.2) is 30.3 Å². The zero-order valence-electron chi connectivity index (χ0n) is 10.2. The fourth-order valence-corrected chi connectivity index (χ4v) is 1.79. The van der Waals surface area contributed by atoms with E-state index >= 15 is 0 Å². The predicted octanol–water partition coefficient (Wildman–Crippen LogP) is 2.09. The molecule has 0 fully saturated rings. The van der Waals surface area contributed by atoms with Crippen molar-refractivity contribution < 1.29 is 4.79 Å². The quantitative estimate of drug-likeness (QED) is 0.537. The fraction of sp³-hybridized carbons (Fsp3) is 0.417. The van der Waals surface area contributed by atoms with Crippen LogP contribution in [0.3, 0.4) is 0 Å². The van der Waals surface area contributed by atoms with E-state index in [1.54, 1.807) is 0 Å². The highest BCUT2D eigenvalue weighted by molar-refractivity contribution is 7.96. The first-order chi connectivity index (χ1) is 8.22. The minimum Gasteiger partial charge on any atom is -0.335 e. The van der Waals surface area contributed by atoms with Gasteiger partial charge in [-0.1, -0.05) is 37.3 Å². The Bertz CT molecular complexity index is 332. The largest absolute Gasteiger partial charge is 0.335 e. The number of carbonyl (C=O) groups excluding carboxylic acids is 1. The molecule has 0 aliphatic heterocycles. The second kappa shape index (κ2) is 7.97. The third kappa shape index (κ3) is 6.19. The van der Waals surface area contributed by atoms with E-state index in [2.05, 4.69) is 26.9 Å². The summed E-state index contributed by atoms with van der Waals surface area (Å²) in [7, 11) is 0. The molecule has 1 aromatic rings. The van der Waals surface area contributed by atoms with Gasteiger partial charge in [0.05, 0.1) is 0 Å². The van der Waals surface area contributed by atoms with Crippen molar-refractivity contribution in [3.63, 3.8) is 0 Å². The lowest BCUT2D eigenvalue weighted by molar-refractivity contribution is 0.243. The zero-order chi connectivity index (χ0) is 12.5. The lowest BCUT2D eigenvalue weighted by Crippen LogP contribution is -2.40. The Morgan fingerprint density at radius 1 is 1.35 bits per heavy atom. The van der Waals surface area contributed by atoms with Crippen LogP contribution in [0.1, 0.15) is 19.4 Å². The second-order valence-electron chi connectivity index (χ2n) is 3.77. The average molecular weight is 253 g/mol. The summed E-state index contributed by atoms with van der Waals surface area (Å²) in [6.45, 7) is 4.78. The van der Waals surface area contributed by atoms with Gasteiger partial charge in [0.1, 0.15) is 0 Å². The Morgan fingerprint density at radius 3 is 2.71 bits per heavy atom. The van der Waals surface area contributed by atoms with Crippen LogP contribution in [-0.2, 0) is 6.42 Å². The number of hydrogen-bond donors (Lipinski definition) is 3. The molecule has 1 unspecified atom stereocenters. The van der Waals surface area contributed by atoms with Crippen molar-refractivity contribution in [3.05, 3.63) is 35.9 Å². The molecular formula is C12H19N3OS. The molecule has 5 heteroatoms. The van der Waals surface area contributed by atoms with Crippen LogP contribution in [0.25, 0.3) is 0 Å². The number of hydrogen-bond acceptors (Lipinski definition) is 3. The van der Waals surface area contributed by atoms with Crippen molar-refractivity contribution in [3.8, 4) is 0 Å². The number of carbonyl (C=O) groups is 1. The van der Waals surface area contributed by atoms with Crippen molar-refractivity contribution in [2.75, 3.05) is 6.54 Å². The minimum atomic E-state index is -0.167. The molecule has 1 rings (SSSR count). The third-order valence-electron chi connectivity index (χ3n) is 2.12. The summed E-state index contributed by atoms with van der Waals surface area (Å²) >= 11 is 1.20. The van der Waals surface area contributed by atoms with Gasteiger partial charge in [0, 0.05) is 24.7 Å². The van der Waals surface area contributed by atoms with E-state index in [0.29, 0.717) is 0 Å². The van der Waals surface area contributed by atoms with Gasteiger partial charge in [-0.2, -0.15) is 0 Å². The van der Waals surface area contributed by atoms with E-state index in [1.165, 1.54) is 17.7 Å². The molecule has 0 spiro atoms. The molecule has 1 aromatic carbocycles. The topological polar surface area (TPSA) is 53.2 Å². The molecule has 3 N–H and O–H groups in total. The van der Waals surface area contributed by atoms with E-state index in [9.17, 15) is 4.79 Å². The van der Waals surface area contributed by atoms with Gasteiger partial charge in [-0.3, -0.25) is 4.72 Å². The number of rotatable bonds is 6. The summed E-state index contributed by atoms with van der Waals surface area (Å²) < 4.78 is 5.60. The molecule has 17 heavy (non-hydrogen) atoms. The van der Waals surface area contributed by atoms with Crippen LogP contribution < -0.4 is 14.8 Å². The molecule has 4 nitrogen and oxygen atoms in total. The second-order valence-corrected chi connectivity index (χ2v) is 4.46. The normalized spacial score (nSPS) is 11.9. The van der Waals surface area contributed by atoms with Gasteiger partial charge in [-0.15, -0.1) is 0 Å². The van der Waals surface area contributed by atoms with Crippen LogP contribution in [0.4, 0.5) is 4.79 Å². The first kappa shape index (κ1) is 13.9. The molecule has 1 atom stereocenters. The summed E-state index contributed by atoms with van der Waals surface area (Å²) in [4.78, 5) is 11.4. The molecule has 0 radical (unpaired) electrons. The molecular weight excluding hydrogens is 234 g/mol. The summed E-state index contributed by atoms with van der Waals surface area (Å²) in [6.07, 6.45) is 0.833. The maximum atomic E-state index is 11.4. The average Bonchev–Trinajstić information content (AvgIpc) is 2.30. The Hall–Kier alpha value is -1.20. The number of benzene rings is 1. The van der Waals surface area contributed by atoms with Gasteiger partial charge in [0.25, 0.3) is 0 Å². The molecule has 0 saturated carbocycles. The number of urea groups is 1. The summed E-state index contributed by atoms with van der Waals surface area (Å²) in [6, 6.07) is 10.1. The highest BCUT2D eigenvalue weighted by Crippen LogP contribution is 2.02. The molecule has 2 amide bonds. The van der Waals surface area contributed by atoms with E-state index in [0.717, 1.165) is 13.0 Å². The van der Waals surface area contributed by atoms with E-state index in [1.807, 2.05) is 32.0 Å². The smallest absolute Gasteiger partial charge is 0.325 e. The zero-order valence-corrected chi connectivity index (χ0v) is 11.0. The summed E-state index contributed by atoms with van der Waals surface area (Å²) in [5.74, 6) is 0. The maximum absolute atomic E-state index is 11.4. The molecule has 0 aliphatic rings. The molecule has 0 bridgehead atoms. The van der Waals surface area contributed by atoms with Crippen LogP contribution >= 0.6 is 12.1 Å². The summed E-state index contributed by atoms with van der Waals surface area (Å²) in [5, 5.41) is 2.88. The number of nitrogens with one attached hydrogen (secondary N) is 3. The predicted molar refractivity (Wildman–Crippen MR) is 72.5 cm³/mol. The molecule has 0 heterocycles. The van der Waals surface area contributed by atoms with Gasteiger partial charge >= 0.3 is 6.03 Å². The van der Waals surface area contributed by atoms with Crippen LogP contribution in [0.2, 0.25) is 0 Å². The maximum Gasteiger partial charge on any atom is 0.325 e. The Morgan fingerprint density at radius 2 is 2.06 bits per heavy atom. The van der Waals surface area contributed by atoms with Crippen molar-refractivity contribution >= 4 is 18.2 Å². The van der Waals surface area contributed by atoms with E-state index in [4.69, 9.17) is 0 Å².